The smallest absolute Gasteiger partial charge is 0.411 e. The Kier molecular flexibility index (Phi) is 5.62. The number of nitrogens with one attached hydrogen (secondary N) is 1. The number of rotatable bonds is 6. The molecule has 0 aliphatic carbocycles. The topological polar surface area (TPSA) is 81.4 Å². The molecular weight excluding hydrogens is 445 g/mol. The third-order valence-electron chi connectivity index (χ3n) is 4.31. The Morgan fingerprint density at radius 3 is 1.94 bits per heavy atom. The molecule has 0 saturated carbocycles. The summed E-state index contributed by atoms with van der Waals surface area (Å²) in [6.07, 6.45) is -0.0775. The van der Waals surface area contributed by atoms with Crippen molar-refractivity contribution in [3.8, 4) is 34.4 Å². The lowest BCUT2D eigenvalue weighted by atomic mass is 10.1. The Hall–Kier alpha value is -3.79. The zero-order chi connectivity index (χ0) is 22.8. The van der Waals surface area contributed by atoms with Crippen LogP contribution in [0.25, 0.3) is 22.6 Å². The van der Waals surface area contributed by atoms with Crippen LogP contribution in [0, 0.1) is 0 Å². The number of ether oxygens (including phenoxy) is 1. The van der Waals surface area contributed by atoms with Crippen molar-refractivity contribution in [2.75, 3.05) is 4.72 Å². The number of anilines is 1. The monoisotopic (exact) mass is 460 g/mol. The molecule has 0 unspecified atom stereocenters. The highest BCUT2D eigenvalue weighted by Gasteiger charge is 2.46. The number of nitrogens with zero attached hydrogens (tertiary/aromatic N) is 1. The molecule has 32 heavy (non-hydrogen) atoms. The molecule has 164 valence electrons. The van der Waals surface area contributed by atoms with Crippen LogP contribution in [-0.2, 0) is 10.0 Å². The molecule has 0 aliphatic heterocycles. The minimum absolute atomic E-state index is 0.0775. The normalized spacial score (nSPS) is 11.8. The van der Waals surface area contributed by atoms with Gasteiger partial charge in [0.2, 0.25) is 0 Å². The van der Waals surface area contributed by atoms with Gasteiger partial charge in [0.05, 0.1) is 0 Å². The quantitative estimate of drug-likeness (QED) is 0.378. The summed E-state index contributed by atoms with van der Waals surface area (Å²) in [5.41, 5.74) is -3.53. The van der Waals surface area contributed by atoms with E-state index in [4.69, 9.17) is 9.15 Å². The standard InChI is InChI=1S/C22H15F3N2O4S/c23-22(24,25)32(28,29)27-17-11-13-18(14-12-17)30-21-26-19(15-7-3-1-4-8-15)20(31-21)16-9-5-2-6-10-16/h1-14,27H. The summed E-state index contributed by atoms with van der Waals surface area (Å²) >= 11 is 0. The molecule has 0 radical (unpaired) electrons. The predicted octanol–water partition coefficient (Wildman–Crippen LogP) is 6.06. The minimum Gasteiger partial charge on any atom is -0.411 e. The second-order valence-electron chi connectivity index (χ2n) is 6.57. The maximum absolute atomic E-state index is 12.5. The van der Waals surface area contributed by atoms with E-state index >= 15 is 0 Å². The zero-order valence-corrected chi connectivity index (χ0v) is 17.0. The summed E-state index contributed by atoms with van der Waals surface area (Å²) in [4.78, 5) is 4.42. The summed E-state index contributed by atoms with van der Waals surface area (Å²) in [5.74, 6) is 0.682. The molecule has 3 aromatic carbocycles. The van der Waals surface area contributed by atoms with Gasteiger partial charge in [0.1, 0.15) is 11.4 Å². The fraction of sp³-hybridized carbons (Fsp3) is 0.0455. The number of oxazole rings is 1. The van der Waals surface area contributed by atoms with E-state index in [0.29, 0.717) is 11.5 Å². The maximum atomic E-state index is 12.5. The molecule has 0 amide bonds. The Morgan fingerprint density at radius 2 is 1.38 bits per heavy atom. The predicted molar refractivity (Wildman–Crippen MR) is 112 cm³/mol. The summed E-state index contributed by atoms with van der Waals surface area (Å²) in [7, 11) is -5.51. The lowest BCUT2D eigenvalue weighted by molar-refractivity contribution is -0.0429. The molecule has 0 fully saturated rings. The highest BCUT2D eigenvalue weighted by molar-refractivity contribution is 7.93. The number of halogens is 3. The first kappa shape index (κ1) is 21.4. The highest BCUT2D eigenvalue weighted by Crippen LogP contribution is 2.36. The van der Waals surface area contributed by atoms with E-state index in [0.717, 1.165) is 23.3 Å². The van der Waals surface area contributed by atoms with Crippen LogP contribution in [0.1, 0.15) is 0 Å². The molecule has 0 spiro atoms. The highest BCUT2D eigenvalue weighted by atomic mass is 32.2. The zero-order valence-electron chi connectivity index (χ0n) is 16.2. The van der Waals surface area contributed by atoms with Crippen LogP contribution in [-0.4, -0.2) is 18.9 Å². The van der Waals surface area contributed by atoms with Crippen molar-refractivity contribution in [3.63, 3.8) is 0 Å². The van der Waals surface area contributed by atoms with E-state index in [1.54, 1.807) is 0 Å². The molecular formula is C22H15F3N2O4S. The van der Waals surface area contributed by atoms with E-state index in [1.807, 2.05) is 60.7 Å². The fourth-order valence-corrected chi connectivity index (χ4v) is 3.39. The van der Waals surface area contributed by atoms with Crippen molar-refractivity contribution in [3.05, 3.63) is 84.9 Å². The van der Waals surface area contributed by atoms with Crippen LogP contribution in [0.15, 0.2) is 89.3 Å². The van der Waals surface area contributed by atoms with Gasteiger partial charge in [0, 0.05) is 16.8 Å². The van der Waals surface area contributed by atoms with E-state index in [1.165, 1.54) is 16.9 Å². The summed E-state index contributed by atoms with van der Waals surface area (Å²) in [6.45, 7) is 0. The van der Waals surface area contributed by atoms with Crippen molar-refractivity contribution in [1.82, 2.24) is 4.98 Å². The van der Waals surface area contributed by atoms with E-state index in [9.17, 15) is 21.6 Å². The van der Waals surface area contributed by atoms with E-state index < -0.39 is 15.5 Å². The van der Waals surface area contributed by atoms with Crippen LogP contribution in [0.3, 0.4) is 0 Å². The molecule has 4 aromatic rings. The average Bonchev–Trinajstić information content (AvgIpc) is 3.19. The number of hydrogen-bond acceptors (Lipinski definition) is 5. The van der Waals surface area contributed by atoms with Gasteiger partial charge in [-0.2, -0.15) is 26.6 Å². The van der Waals surface area contributed by atoms with Crippen LogP contribution < -0.4 is 9.46 Å². The molecule has 0 aliphatic rings. The van der Waals surface area contributed by atoms with Gasteiger partial charge >= 0.3 is 21.6 Å². The Balaban J connectivity index is 1.61. The lowest BCUT2D eigenvalue weighted by Gasteiger charge is -2.10. The van der Waals surface area contributed by atoms with Crippen LogP contribution in [0.2, 0.25) is 0 Å². The van der Waals surface area contributed by atoms with Gasteiger partial charge in [-0.15, -0.1) is 0 Å². The van der Waals surface area contributed by atoms with Gasteiger partial charge in [-0.25, -0.2) is 0 Å². The van der Waals surface area contributed by atoms with E-state index in [2.05, 4.69) is 4.98 Å². The van der Waals surface area contributed by atoms with Crippen LogP contribution in [0.5, 0.6) is 11.8 Å². The third-order valence-corrected chi connectivity index (χ3v) is 5.42. The van der Waals surface area contributed by atoms with Gasteiger partial charge in [0.15, 0.2) is 5.76 Å². The van der Waals surface area contributed by atoms with Crippen molar-refractivity contribution in [2.45, 2.75) is 5.51 Å². The summed E-state index contributed by atoms with van der Waals surface area (Å²) in [6, 6.07) is 23.5. The van der Waals surface area contributed by atoms with Gasteiger partial charge < -0.3 is 9.15 Å². The summed E-state index contributed by atoms with van der Waals surface area (Å²) in [5, 5.41) is 0. The molecule has 0 saturated heterocycles. The first-order chi connectivity index (χ1) is 15.2. The molecule has 4 rings (SSSR count). The molecule has 1 heterocycles. The molecule has 0 atom stereocenters. The number of sulfonamides is 1. The van der Waals surface area contributed by atoms with Crippen molar-refractivity contribution in [2.24, 2.45) is 0 Å². The number of benzene rings is 3. The minimum atomic E-state index is -5.51. The fourth-order valence-electron chi connectivity index (χ4n) is 2.83. The van der Waals surface area contributed by atoms with Crippen molar-refractivity contribution in [1.29, 1.82) is 0 Å². The number of aromatic nitrogens is 1. The van der Waals surface area contributed by atoms with Crippen molar-refractivity contribution < 1.29 is 30.7 Å². The van der Waals surface area contributed by atoms with Gasteiger partial charge in [0.25, 0.3) is 0 Å². The maximum Gasteiger partial charge on any atom is 0.516 e. The molecule has 10 heteroatoms. The molecule has 1 aromatic heterocycles. The van der Waals surface area contributed by atoms with E-state index in [-0.39, 0.29) is 17.5 Å². The van der Waals surface area contributed by atoms with Gasteiger partial charge in [-0.05, 0) is 24.3 Å². The van der Waals surface area contributed by atoms with Gasteiger partial charge in [-0.3, -0.25) is 4.72 Å². The number of alkyl halides is 3. The molecule has 0 bridgehead atoms. The first-order valence-corrected chi connectivity index (χ1v) is 10.7. The second kappa shape index (κ2) is 8.39. The van der Waals surface area contributed by atoms with Crippen LogP contribution >= 0.6 is 0 Å². The third kappa shape index (κ3) is 4.59. The molecule has 1 N–H and O–H groups in total. The van der Waals surface area contributed by atoms with Gasteiger partial charge in [-0.1, -0.05) is 60.7 Å². The van der Waals surface area contributed by atoms with Crippen LogP contribution in [0.4, 0.5) is 18.9 Å². The second-order valence-corrected chi connectivity index (χ2v) is 8.24. The number of hydrogen-bond donors (Lipinski definition) is 1. The molecule has 6 nitrogen and oxygen atoms in total. The largest absolute Gasteiger partial charge is 0.516 e. The Labute approximate surface area is 181 Å². The Morgan fingerprint density at radius 1 is 0.812 bits per heavy atom. The average molecular weight is 460 g/mol. The SMILES string of the molecule is O=S(=O)(Nc1ccc(Oc2nc(-c3ccccc3)c(-c3ccccc3)o2)cc1)C(F)(F)F. The first-order valence-electron chi connectivity index (χ1n) is 9.21. The van der Waals surface area contributed by atoms with Crippen molar-refractivity contribution >= 4 is 15.7 Å². The summed E-state index contributed by atoms with van der Waals surface area (Å²) < 4.78 is 72.9. The Bertz CT molecular complexity index is 1250. The lowest BCUT2D eigenvalue weighted by Crippen LogP contribution is -2.29.